The Morgan fingerprint density at radius 3 is 2.75 bits per heavy atom. The highest BCUT2D eigenvalue weighted by Gasteiger charge is 2.02. The van der Waals surface area contributed by atoms with Crippen LogP contribution in [0.5, 0.6) is 0 Å². The van der Waals surface area contributed by atoms with Crippen LogP contribution < -0.4 is 11.1 Å². The summed E-state index contributed by atoms with van der Waals surface area (Å²) in [5.41, 5.74) is 5.47. The Hall–Kier alpha value is -0.540. The molecule has 0 aromatic heterocycles. The van der Waals surface area contributed by atoms with Gasteiger partial charge >= 0.3 is 0 Å². The Labute approximate surface area is 78.0 Å². The number of hydrogen-bond acceptors (Lipinski definition) is 2. The number of carbonyl (C=O) groups excluding carboxylic acids is 1. The average molecular weight is 191 g/mol. The third-order valence-electron chi connectivity index (χ3n) is 1.30. The molecular formula is C8H15ClN2O. The van der Waals surface area contributed by atoms with Gasteiger partial charge in [-0.05, 0) is 13.3 Å². The second-order valence-corrected chi connectivity index (χ2v) is 3.34. The van der Waals surface area contributed by atoms with E-state index in [9.17, 15) is 4.79 Å². The first-order valence-electron chi connectivity index (χ1n) is 3.88. The lowest BCUT2D eigenvalue weighted by Crippen LogP contribution is -2.26. The summed E-state index contributed by atoms with van der Waals surface area (Å²) in [6, 6.07) is 0.0648. The normalized spacial score (nSPS) is 12.2. The zero-order valence-electron chi connectivity index (χ0n) is 7.27. The molecule has 12 heavy (non-hydrogen) atoms. The fraction of sp³-hybridized carbons (Fsp3) is 0.625. The van der Waals surface area contributed by atoms with Gasteiger partial charge in [0.25, 0.3) is 0 Å². The van der Waals surface area contributed by atoms with Crippen molar-refractivity contribution in [3.8, 4) is 0 Å². The smallest absolute Gasteiger partial charge is 0.220 e. The van der Waals surface area contributed by atoms with Crippen LogP contribution in [0.4, 0.5) is 0 Å². The predicted octanol–water partition coefficient (Wildman–Crippen LogP) is 0.982. The van der Waals surface area contributed by atoms with Gasteiger partial charge in [-0.25, -0.2) is 0 Å². The van der Waals surface area contributed by atoms with E-state index in [1.54, 1.807) is 0 Å². The molecule has 70 valence electrons. The first-order valence-corrected chi connectivity index (χ1v) is 4.25. The summed E-state index contributed by atoms with van der Waals surface area (Å²) in [5.74, 6) is -0.0332. The molecule has 4 heteroatoms. The quantitative estimate of drug-likeness (QED) is 0.679. The number of halogens is 1. The summed E-state index contributed by atoms with van der Waals surface area (Å²) in [4.78, 5) is 11.0. The molecule has 0 aliphatic carbocycles. The van der Waals surface area contributed by atoms with Crippen molar-refractivity contribution in [2.45, 2.75) is 25.8 Å². The molecule has 0 spiro atoms. The van der Waals surface area contributed by atoms with E-state index in [0.717, 1.165) is 0 Å². The van der Waals surface area contributed by atoms with Crippen LogP contribution in [0.25, 0.3) is 0 Å². The lowest BCUT2D eigenvalue weighted by atomic mass is 10.2. The lowest BCUT2D eigenvalue weighted by Gasteiger charge is -2.05. The van der Waals surface area contributed by atoms with Gasteiger partial charge in [-0.1, -0.05) is 18.2 Å². The summed E-state index contributed by atoms with van der Waals surface area (Å²) in [7, 11) is 0. The van der Waals surface area contributed by atoms with Crippen molar-refractivity contribution in [1.29, 1.82) is 0 Å². The van der Waals surface area contributed by atoms with Crippen molar-refractivity contribution in [2.75, 3.05) is 6.54 Å². The van der Waals surface area contributed by atoms with Crippen molar-refractivity contribution < 1.29 is 4.79 Å². The van der Waals surface area contributed by atoms with E-state index in [1.807, 2.05) is 6.92 Å². The van der Waals surface area contributed by atoms with Gasteiger partial charge in [0.1, 0.15) is 0 Å². The maximum Gasteiger partial charge on any atom is 0.220 e. The van der Waals surface area contributed by atoms with E-state index in [1.165, 1.54) is 0 Å². The molecule has 0 aliphatic rings. The van der Waals surface area contributed by atoms with E-state index in [0.29, 0.717) is 24.4 Å². The first kappa shape index (κ1) is 11.5. The summed E-state index contributed by atoms with van der Waals surface area (Å²) < 4.78 is 0. The highest BCUT2D eigenvalue weighted by molar-refractivity contribution is 6.29. The maximum atomic E-state index is 11.0. The van der Waals surface area contributed by atoms with Gasteiger partial charge in [0, 0.05) is 17.5 Å². The van der Waals surface area contributed by atoms with E-state index < -0.39 is 0 Å². The Morgan fingerprint density at radius 2 is 2.33 bits per heavy atom. The molecule has 0 fully saturated rings. The zero-order chi connectivity index (χ0) is 9.56. The maximum absolute atomic E-state index is 11.0. The number of hydrogen-bond donors (Lipinski definition) is 2. The lowest BCUT2D eigenvalue weighted by molar-refractivity contribution is -0.121. The van der Waals surface area contributed by atoms with E-state index in [4.69, 9.17) is 17.3 Å². The highest BCUT2D eigenvalue weighted by atomic mass is 35.5. The van der Waals surface area contributed by atoms with Gasteiger partial charge in [-0.2, -0.15) is 0 Å². The molecule has 0 aromatic carbocycles. The third kappa shape index (κ3) is 7.57. The van der Waals surface area contributed by atoms with Crippen LogP contribution in [0.3, 0.4) is 0 Å². The van der Waals surface area contributed by atoms with Gasteiger partial charge in [-0.3, -0.25) is 4.79 Å². The van der Waals surface area contributed by atoms with Gasteiger partial charge in [0.2, 0.25) is 5.91 Å². The molecular weight excluding hydrogens is 176 g/mol. The molecule has 0 aromatic rings. The number of carbonyl (C=O) groups is 1. The largest absolute Gasteiger partial charge is 0.351 e. The molecule has 3 nitrogen and oxygen atoms in total. The van der Waals surface area contributed by atoms with Crippen LogP contribution in [0, 0.1) is 0 Å². The minimum atomic E-state index is -0.0332. The molecule has 0 saturated heterocycles. The van der Waals surface area contributed by atoms with Gasteiger partial charge in [0.15, 0.2) is 0 Å². The molecule has 0 rings (SSSR count). The average Bonchev–Trinajstić information content (AvgIpc) is 1.96. The molecule has 1 atom stereocenters. The number of nitrogens with one attached hydrogen (secondary N) is 1. The van der Waals surface area contributed by atoms with Crippen LogP contribution in [0.15, 0.2) is 11.6 Å². The van der Waals surface area contributed by atoms with Crippen LogP contribution in [0.1, 0.15) is 19.8 Å². The Bertz CT molecular complexity index is 168. The third-order valence-corrected chi connectivity index (χ3v) is 1.44. The van der Waals surface area contributed by atoms with E-state index in [2.05, 4.69) is 11.9 Å². The van der Waals surface area contributed by atoms with Gasteiger partial charge < -0.3 is 11.1 Å². The molecule has 1 amide bonds. The summed E-state index contributed by atoms with van der Waals surface area (Å²) in [5, 5.41) is 3.05. The molecule has 3 N–H and O–H groups in total. The molecule has 0 aliphatic heterocycles. The molecule has 0 radical (unpaired) electrons. The fourth-order valence-electron chi connectivity index (χ4n) is 0.642. The van der Waals surface area contributed by atoms with E-state index >= 15 is 0 Å². The Balaban J connectivity index is 3.40. The summed E-state index contributed by atoms with van der Waals surface area (Å²) in [6.07, 6.45) is 1.14. The second kappa shape index (κ2) is 6.03. The van der Waals surface area contributed by atoms with Crippen molar-refractivity contribution in [3.05, 3.63) is 11.6 Å². The van der Waals surface area contributed by atoms with Gasteiger partial charge in [-0.15, -0.1) is 0 Å². The second-order valence-electron chi connectivity index (χ2n) is 2.81. The van der Waals surface area contributed by atoms with Crippen LogP contribution in [0.2, 0.25) is 0 Å². The standard InChI is InChI=1S/C8H15ClN2O/c1-6(9)5-11-8(12)4-3-7(2)10/h7H,1,3-5,10H2,2H3,(H,11,12). The Kier molecular flexibility index (Phi) is 5.76. The predicted molar refractivity (Wildman–Crippen MR) is 50.9 cm³/mol. The van der Waals surface area contributed by atoms with Gasteiger partial charge in [0.05, 0.1) is 6.54 Å². The topological polar surface area (TPSA) is 55.1 Å². The van der Waals surface area contributed by atoms with Crippen molar-refractivity contribution >= 4 is 17.5 Å². The monoisotopic (exact) mass is 190 g/mol. The SMILES string of the molecule is C=C(Cl)CNC(=O)CCC(C)N. The summed E-state index contributed by atoms with van der Waals surface area (Å²) in [6.45, 7) is 5.65. The number of amides is 1. The number of rotatable bonds is 5. The highest BCUT2D eigenvalue weighted by Crippen LogP contribution is 1.95. The van der Waals surface area contributed by atoms with Crippen LogP contribution in [-0.2, 0) is 4.79 Å². The van der Waals surface area contributed by atoms with Crippen LogP contribution in [-0.4, -0.2) is 18.5 Å². The van der Waals surface area contributed by atoms with Crippen molar-refractivity contribution in [1.82, 2.24) is 5.32 Å². The summed E-state index contributed by atoms with van der Waals surface area (Å²) >= 11 is 5.45. The first-order chi connectivity index (χ1) is 5.52. The fourth-order valence-corrected chi connectivity index (χ4v) is 0.708. The van der Waals surface area contributed by atoms with Crippen molar-refractivity contribution in [3.63, 3.8) is 0 Å². The van der Waals surface area contributed by atoms with E-state index in [-0.39, 0.29) is 11.9 Å². The molecule has 0 saturated carbocycles. The van der Waals surface area contributed by atoms with Crippen LogP contribution >= 0.6 is 11.6 Å². The molecule has 0 bridgehead atoms. The Morgan fingerprint density at radius 1 is 1.75 bits per heavy atom. The van der Waals surface area contributed by atoms with Crippen molar-refractivity contribution in [2.24, 2.45) is 5.73 Å². The zero-order valence-corrected chi connectivity index (χ0v) is 8.03. The minimum Gasteiger partial charge on any atom is -0.351 e. The minimum absolute atomic E-state index is 0.0332. The number of nitrogens with two attached hydrogens (primary N) is 1. The molecule has 1 unspecified atom stereocenters. The molecule has 0 heterocycles.